The fraction of sp³-hybridized carbons (Fsp3) is 0.278. The molecule has 1 amide bonds. The Labute approximate surface area is 141 Å². The van der Waals surface area contributed by atoms with Crippen molar-refractivity contribution in [2.45, 2.75) is 6.42 Å². The third kappa shape index (κ3) is 5.48. The lowest BCUT2D eigenvalue weighted by Gasteiger charge is -2.10. The Morgan fingerprint density at radius 2 is 1.71 bits per heavy atom. The van der Waals surface area contributed by atoms with Gasteiger partial charge in [-0.15, -0.1) is 0 Å². The van der Waals surface area contributed by atoms with Gasteiger partial charge in [-0.05, 0) is 29.8 Å². The minimum Gasteiger partial charge on any atom is -0.493 e. The molecule has 24 heavy (non-hydrogen) atoms. The molecule has 0 atom stereocenters. The van der Waals surface area contributed by atoms with Gasteiger partial charge in [-0.2, -0.15) is 0 Å². The summed E-state index contributed by atoms with van der Waals surface area (Å²) in [6.45, 7) is 0.604. The zero-order valence-corrected chi connectivity index (χ0v) is 13.8. The maximum Gasteiger partial charge on any atom is 0.247 e. The van der Waals surface area contributed by atoms with Gasteiger partial charge in [0.2, 0.25) is 5.91 Å². The molecule has 0 fully saturated rings. The van der Waals surface area contributed by atoms with E-state index in [1.54, 1.807) is 32.4 Å². The van der Waals surface area contributed by atoms with Crippen LogP contribution in [0, 0.1) is 0 Å². The largest absolute Gasteiger partial charge is 0.493 e. The molecule has 1 N–H and O–H groups in total. The molecular formula is C18H21NO5. The molecule has 2 aromatic carbocycles. The molecule has 0 spiro atoms. The summed E-state index contributed by atoms with van der Waals surface area (Å²) in [6.07, 6.45) is 0.180. The van der Waals surface area contributed by atoms with E-state index in [-0.39, 0.29) is 18.9 Å². The molecule has 0 unspecified atom stereocenters. The van der Waals surface area contributed by atoms with Crippen LogP contribution in [0.5, 0.6) is 17.2 Å². The fourth-order valence-corrected chi connectivity index (χ4v) is 2.06. The summed E-state index contributed by atoms with van der Waals surface area (Å²) in [6, 6.07) is 14.7. The van der Waals surface area contributed by atoms with E-state index in [4.69, 9.17) is 19.0 Å². The predicted octanol–water partition coefficient (Wildman–Crippen LogP) is 2.37. The molecule has 6 nitrogen and oxygen atoms in total. The topological polar surface area (TPSA) is 66.0 Å². The van der Waals surface area contributed by atoms with Crippen LogP contribution in [-0.2, 0) is 16.1 Å². The van der Waals surface area contributed by atoms with Crippen molar-refractivity contribution in [3.63, 3.8) is 0 Å². The second-order valence-corrected chi connectivity index (χ2v) is 4.90. The first kappa shape index (κ1) is 17.6. The Balaban J connectivity index is 1.69. The summed E-state index contributed by atoms with van der Waals surface area (Å²) in [5, 5.41) is 0. The van der Waals surface area contributed by atoms with Gasteiger partial charge in [0.1, 0.15) is 19.0 Å². The third-order valence-electron chi connectivity index (χ3n) is 3.20. The molecular weight excluding hydrogens is 310 g/mol. The molecule has 0 aliphatic heterocycles. The third-order valence-corrected chi connectivity index (χ3v) is 3.20. The van der Waals surface area contributed by atoms with Gasteiger partial charge >= 0.3 is 0 Å². The van der Waals surface area contributed by atoms with Crippen LogP contribution >= 0.6 is 0 Å². The molecule has 0 aliphatic carbocycles. The van der Waals surface area contributed by atoms with Gasteiger partial charge in [0.25, 0.3) is 0 Å². The normalized spacial score (nSPS) is 10.1. The quantitative estimate of drug-likeness (QED) is 0.564. The van der Waals surface area contributed by atoms with Gasteiger partial charge in [0, 0.05) is 0 Å². The van der Waals surface area contributed by atoms with Gasteiger partial charge < -0.3 is 14.2 Å². The van der Waals surface area contributed by atoms with Crippen molar-refractivity contribution in [3.05, 3.63) is 54.1 Å². The van der Waals surface area contributed by atoms with E-state index in [2.05, 4.69) is 5.48 Å². The van der Waals surface area contributed by atoms with Gasteiger partial charge in [-0.1, -0.05) is 24.3 Å². The van der Waals surface area contributed by atoms with Crippen LogP contribution in [0.15, 0.2) is 48.5 Å². The number of hydrogen-bond donors (Lipinski definition) is 1. The average Bonchev–Trinajstić information content (AvgIpc) is 2.62. The average molecular weight is 331 g/mol. The lowest BCUT2D eigenvalue weighted by atomic mass is 10.1. The first-order valence-electron chi connectivity index (χ1n) is 7.52. The highest BCUT2D eigenvalue weighted by Gasteiger charge is 2.08. The van der Waals surface area contributed by atoms with E-state index in [1.165, 1.54) is 0 Å². The van der Waals surface area contributed by atoms with Crippen LogP contribution in [-0.4, -0.2) is 33.3 Å². The number of hydroxylamine groups is 1. The Morgan fingerprint density at radius 1 is 0.958 bits per heavy atom. The van der Waals surface area contributed by atoms with Crippen molar-refractivity contribution >= 4 is 5.91 Å². The van der Waals surface area contributed by atoms with Crippen molar-refractivity contribution in [1.82, 2.24) is 5.48 Å². The van der Waals surface area contributed by atoms with Gasteiger partial charge in [-0.25, -0.2) is 5.48 Å². The highest BCUT2D eigenvalue weighted by atomic mass is 16.7. The van der Waals surface area contributed by atoms with Gasteiger partial charge in [0.05, 0.1) is 20.6 Å². The molecule has 0 aromatic heterocycles. The second kappa shape index (κ2) is 9.42. The first-order chi connectivity index (χ1) is 11.7. The maximum atomic E-state index is 11.9. The Kier molecular flexibility index (Phi) is 6.91. The molecule has 0 bridgehead atoms. The number of carbonyl (C=O) groups is 1. The van der Waals surface area contributed by atoms with E-state index < -0.39 is 0 Å². The lowest BCUT2D eigenvalue weighted by Crippen LogP contribution is -2.27. The highest BCUT2D eigenvalue weighted by Crippen LogP contribution is 2.27. The van der Waals surface area contributed by atoms with Gasteiger partial charge in [-0.3, -0.25) is 9.63 Å². The Morgan fingerprint density at radius 3 is 2.42 bits per heavy atom. The number of nitrogens with one attached hydrogen (secondary N) is 1. The fourth-order valence-electron chi connectivity index (χ4n) is 2.06. The highest BCUT2D eigenvalue weighted by molar-refractivity contribution is 5.77. The minimum absolute atomic E-state index is 0.180. The molecule has 6 heteroatoms. The van der Waals surface area contributed by atoms with E-state index in [1.807, 2.05) is 30.3 Å². The monoisotopic (exact) mass is 331 g/mol. The number of para-hydroxylation sites is 1. The zero-order valence-electron chi connectivity index (χ0n) is 13.8. The van der Waals surface area contributed by atoms with Crippen molar-refractivity contribution in [2.24, 2.45) is 0 Å². The number of ether oxygens (including phenoxy) is 3. The van der Waals surface area contributed by atoms with Crippen molar-refractivity contribution in [2.75, 3.05) is 27.4 Å². The number of amides is 1. The first-order valence-corrected chi connectivity index (χ1v) is 7.52. The lowest BCUT2D eigenvalue weighted by molar-refractivity contribution is -0.133. The molecule has 0 aliphatic rings. The SMILES string of the molecule is COc1ccc(CC(=O)NOCCOc2ccccc2)cc1OC. The molecule has 2 aromatic rings. The van der Waals surface area contributed by atoms with E-state index in [9.17, 15) is 4.79 Å². The Hall–Kier alpha value is -2.73. The molecule has 0 saturated carbocycles. The van der Waals surface area contributed by atoms with Crippen molar-refractivity contribution in [1.29, 1.82) is 0 Å². The smallest absolute Gasteiger partial charge is 0.247 e. The summed E-state index contributed by atoms with van der Waals surface area (Å²) in [5.41, 5.74) is 3.19. The number of hydrogen-bond acceptors (Lipinski definition) is 5. The van der Waals surface area contributed by atoms with Crippen LogP contribution in [0.4, 0.5) is 0 Å². The molecule has 2 rings (SSSR count). The summed E-state index contributed by atoms with van der Waals surface area (Å²) < 4.78 is 15.8. The van der Waals surface area contributed by atoms with Crippen molar-refractivity contribution in [3.8, 4) is 17.2 Å². The number of carbonyl (C=O) groups excluding carboxylic acids is 1. The van der Waals surface area contributed by atoms with Crippen LogP contribution < -0.4 is 19.7 Å². The summed E-state index contributed by atoms with van der Waals surface area (Å²) >= 11 is 0. The number of rotatable bonds is 9. The zero-order chi connectivity index (χ0) is 17.2. The molecule has 128 valence electrons. The summed E-state index contributed by atoms with van der Waals surface area (Å²) in [5.74, 6) is 1.72. The maximum absolute atomic E-state index is 11.9. The second-order valence-electron chi connectivity index (χ2n) is 4.90. The minimum atomic E-state index is -0.248. The van der Waals surface area contributed by atoms with Gasteiger partial charge in [0.15, 0.2) is 11.5 Å². The van der Waals surface area contributed by atoms with Crippen LogP contribution in [0.1, 0.15) is 5.56 Å². The summed E-state index contributed by atoms with van der Waals surface area (Å²) in [7, 11) is 3.12. The van der Waals surface area contributed by atoms with E-state index in [0.29, 0.717) is 18.1 Å². The summed E-state index contributed by atoms with van der Waals surface area (Å²) in [4.78, 5) is 17.0. The molecule has 0 saturated heterocycles. The molecule has 0 heterocycles. The Bertz CT molecular complexity index is 645. The van der Waals surface area contributed by atoms with Crippen LogP contribution in [0.3, 0.4) is 0 Å². The molecule has 0 radical (unpaired) electrons. The van der Waals surface area contributed by atoms with Crippen molar-refractivity contribution < 1.29 is 23.8 Å². The number of methoxy groups -OCH3 is 2. The predicted molar refractivity (Wildman–Crippen MR) is 89.3 cm³/mol. The standard InChI is InChI=1S/C18H21NO5/c1-21-16-9-8-14(12-17(16)22-2)13-18(20)19-24-11-10-23-15-6-4-3-5-7-15/h3-9,12H,10-11,13H2,1-2H3,(H,19,20). The number of benzene rings is 2. The van der Waals surface area contributed by atoms with E-state index >= 15 is 0 Å². The van der Waals surface area contributed by atoms with Crippen LogP contribution in [0.25, 0.3) is 0 Å². The van der Waals surface area contributed by atoms with E-state index in [0.717, 1.165) is 11.3 Å². The van der Waals surface area contributed by atoms with Crippen LogP contribution in [0.2, 0.25) is 0 Å².